The van der Waals surface area contributed by atoms with E-state index in [4.69, 9.17) is 9.47 Å². The molecular weight excluding hydrogens is 188 g/mol. The first-order chi connectivity index (χ1) is 6.77. The molecule has 0 saturated carbocycles. The molecule has 0 aliphatic heterocycles. The zero-order valence-electron chi connectivity index (χ0n) is 10.9. The topological polar surface area (TPSA) is 18.5 Å². The number of hydrogen-bond acceptors (Lipinski definition) is 2. The van der Waals surface area contributed by atoms with Crippen LogP contribution in [0.15, 0.2) is 12.7 Å². The summed E-state index contributed by atoms with van der Waals surface area (Å²) in [4.78, 5) is 0. The predicted octanol–water partition coefficient (Wildman–Crippen LogP) is 3.56. The highest BCUT2D eigenvalue weighted by atomic mass is 16.5. The Labute approximate surface area is 94.7 Å². The molecule has 2 heteroatoms. The third-order valence-electron chi connectivity index (χ3n) is 2.05. The van der Waals surface area contributed by atoms with Gasteiger partial charge in [-0.3, -0.25) is 0 Å². The molecule has 0 aromatic carbocycles. The van der Waals surface area contributed by atoms with Gasteiger partial charge in [0.15, 0.2) is 0 Å². The van der Waals surface area contributed by atoms with Crippen molar-refractivity contribution in [1.29, 1.82) is 0 Å². The first-order valence-electron chi connectivity index (χ1n) is 5.66. The SMILES string of the molecule is C=CCOC(C)(C)CCCOC(C)(C)C. The lowest BCUT2D eigenvalue weighted by atomic mass is 10.0. The molecule has 0 spiro atoms. The van der Waals surface area contributed by atoms with Crippen molar-refractivity contribution < 1.29 is 9.47 Å². The monoisotopic (exact) mass is 214 g/mol. The van der Waals surface area contributed by atoms with Crippen molar-refractivity contribution in [3.63, 3.8) is 0 Å². The van der Waals surface area contributed by atoms with Gasteiger partial charge in [-0.1, -0.05) is 6.08 Å². The van der Waals surface area contributed by atoms with Crippen molar-refractivity contribution in [3.05, 3.63) is 12.7 Å². The van der Waals surface area contributed by atoms with Crippen LogP contribution in [-0.4, -0.2) is 24.4 Å². The van der Waals surface area contributed by atoms with Crippen molar-refractivity contribution in [1.82, 2.24) is 0 Å². The minimum absolute atomic E-state index is 0.0356. The summed E-state index contributed by atoms with van der Waals surface area (Å²) in [5.74, 6) is 0. The number of hydrogen-bond donors (Lipinski definition) is 0. The molecule has 15 heavy (non-hydrogen) atoms. The highest BCUT2D eigenvalue weighted by Crippen LogP contribution is 2.17. The lowest BCUT2D eigenvalue weighted by Gasteiger charge is -2.26. The van der Waals surface area contributed by atoms with Crippen LogP contribution in [0, 0.1) is 0 Å². The fraction of sp³-hybridized carbons (Fsp3) is 0.846. The molecule has 0 radical (unpaired) electrons. The van der Waals surface area contributed by atoms with Crippen molar-refractivity contribution >= 4 is 0 Å². The van der Waals surface area contributed by atoms with Crippen LogP contribution in [0.2, 0.25) is 0 Å². The van der Waals surface area contributed by atoms with E-state index in [1.807, 2.05) is 0 Å². The second-order valence-corrected chi connectivity index (χ2v) is 5.42. The molecule has 2 nitrogen and oxygen atoms in total. The zero-order chi connectivity index (χ0) is 11.9. The summed E-state index contributed by atoms with van der Waals surface area (Å²) < 4.78 is 11.3. The van der Waals surface area contributed by atoms with E-state index in [-0.39, 0.29) is 11.2 Å². The third kappa shape index (κ3) is 9.95. The van der Waals surface area contributed by atoms with Crippen LogP contribution in [0.25, 0.3) is 0 Å². The Bertz CT molecular complexity index is 177. The normalized spacial score (nSPS) is 12.9. The standard InChI is InChI=1S/C13H26O2/c1-7-10-15-13(5,6)9-8-11-14-12(2,3)4/h7H,1,8-11H2,2-6H3. The molecule has 0 fully saturated rings. The van der Waals surface area contributed by atoms with Gasteiger partial charge in [-0.05, 0) is 47.5 Å². The van der Waals surface area contributed by atoms with E-state index in [9.17, 15) is 0 Å². The molecule has 0 rings (SSSR count). The Hall–Kier alpha value is -0.340. The first kappa shape index (κ1) is 14.7. The van der Waals surface area contributed by atoms with Gasteiger partial charge in [0.25, 0.3) is 0 Å². The van der Waals surface area contributed by atoms with E-state index in [0.29, 0.717) is 6.61 Å². The summed E-state index contributed by atoms with van der Waals surface area (Å²) in [6.45, 7) is 15.5. The first-order valence-corrected chi connectivity index (χ1v) is 5.66. The molecule has 90 valence electrons. The highest BCUT2D eigenvalue weighted by Gasteiger charge is 2.18. The molecule has 0 atom stereocenters. The quantitative estimate of drug-likeness (QED) is 0.476. The van der Waals surface area contributed by atoms with Crippen LogP contribution in [0.3, 0.4) is 0 Å². The molecule has 0 aromatic heterocycles. The molecule has 0 unspecified atom stereocenters. The van der Waals surface area contributed by atoms with Gasteiger partial charge in [0.05, 0.1) is 17.8 Å². The van der Waals surface area contributed by atoms with Gasteiger partial charge in [0.2, 0.25) is 0 Å². The van der Waals surface area contributed by atoms with Crippen molar-refractivity contribution in [2.24, 2.45) is 0 Å². The Kier molecular flexibility index (Phi) is 6.15. The Morgan fingerprint density at radius 2 is 1.67 bits per heavy atom. The molecule has 0 aromatic rings. The van der Waals surface area contributed by atoms with Gasteiger partial charge in [-0.25, -0.2) is 0 Å². The number of ether oxygens (including phenoxy) is 2. The maximum Gasteiger partial charge on any atom is 0.0652 e. The highest BCUT2D eigenvalue weighted by molar-refractivity contribution is 4.73. The Morgan fingerprint density at radius 1 is 1.07 bits per heavy atom. The molecule has 0 bridgehead atoms. The Morgan fingerprint density at radius 3 is 2.13 bits per heavy atom. The molecule has 0 aliphatic rings. The average Bonchev–Trinajstić information content (AvgIpc) is 2.08. The van der Waals surface area contributed by atoms with Crippen LogP contribution in [0.4, 0.5) is 0 Å². The molecule has 0 heterocycles. The summed E-state index contributed by atoms with van der Waals surface area (Å²) in [5, 5.41) is 0. The van der Waals surface area contributed by atoms with Crippen LogP contribution in [-0.2, 0) is 9.47 Å². The number of rotatable bonds is 7. The predicted molar refractivity (Wildman–Crippen MR) is 65.2 cm³/mol. The molecule has 0 saturated heterocycles. The maximum atomic E-state index is 5.65. The van der Waals surface area contributed by atoms with E-state index in [2.05, 4.69) is 41.2 Å². The lowest BCUT2D eigenvalue weighted by molar-refractivity contribution is -0.0343. The van der Waals surface area contributed by atoms with E-state index in [1.165, 1.54) is 0 Å². The molecule has 0 N–H and O–H groups in total. The van der Waals surface area contributed by atoms with E-state index in [1.54, 1.807) is 6.08 Å². The average molecular weight is 214 g/mol. The second kappa shape index (κ2) is 6.29. The van der Waals surface area contributed by atoms with Gasteiger partial charge in [0.1, 0.15) is 0 Å². The van der Waals surface area contributed by atoms with Gasteiger partial charge in [-0.15, -0.1) is 6.58 Å². The minimum Gasteiger partial charge on any atom is -0.376 e. The maximum absolute atomic E-state index is 5.65. The molecule has 0 aliphatic carbocycles. The fourth-order valence-corrected chi connectivity index (χ4v) is 1.23. The van der Waals surface area contributed by atoms with Crippen LogP contribution >= 0.6 is 0 Å². The van der Waals surface area contributed by atoms with Gasteiger partial charge in [0, 0.05) is 6.61 Å². The van der Waals surface area contributed by atoms with E-state index in [0.717, 1.165) is 19.4 Å². The van der Waals surface area contributed by atoms with Crippen LogP contribution < -0.4 is 0 Å². The lowest BCUT2D eigenvalue weighted by Crippen LogP contribution is -2.26. The smallest absolute Gasteiger partial charge is 0.0652 e. The summed E-state index contributed by atoms with van der Waals surface area (Å²) in [7, 11) is 0. The summed E-state index contributed by atoms with van der Waals surface area (Å²) >= 11 is 0. The minimum atomic E-state index is -0.0740. The molecule has 0 amide bonds. The summed E-state index contributed by atoms with van der Waals surface area (Å²) in [5.41, 5.74) is -0.110. The van der Waals surface area contributed by atoms with Gasteiger partial charge in [-0.2, -0.15) is 0 Å². The second-order valence-electron chi connectivity index (χ2n) is 5.42. The van der Waals surface area contributed by atoms with Crippen LogP contribution in [0.1, 0.15) is 47.5 Å². The third-order valence-corrected chi connectivity index (χ3v) is 2.05. The van der Waals surface area contributed by atoms with Crippen molar-refractivity contribution in [2.45, 2.75) is 58.7 Å². The van der Waals surface area contributed by atoms with Crippen molar-refractivity contribution in [3.8, 4) is 0 Å². The zero-order valence-corrected chi connectivity index (χ0v) is 10.9. The Balaban J connectivity index is 3.61. The van der Waals surface area contributed by atoms with Crippen LogP contribution in [0.5, 0.6) is 0 Å². The van der Waals surface area contributed by atoms with Crippen molar-refractivity contribution in [2.75, 3.05) is 13.2 Å². The fourth-order valence-electron chi connectivity index (χ4n) is 1.23. The largest absolute Gasteiger partial charge is 0.376 e. The van der Waals surface area contributed by atoms with Gasteiger partial charge >= 0.3 is 0 Å². The van der Waals surface area contributed by atoms with Gasteiger partial charge < -0.3 is 9.47 Å². The summed E-state index contributed by atoms with van der Waals surface area (Å²) in [6, 6.07) is 0. The molecular formula is C13H26O2. The van der Waals surface area contributed by atoms with E-state index >= 15 is 0 Å². The summed E-state index contributed by atoms with van der Waals surface area (Å²) in [6.07, 6.45) is 3.83. The van der Waals surface area contributed by atoms with E-state index < -0.39 is 0 Å².